The van der Waals surface area contributed by atoms with E-state index in [-0.39, 0.29) is 5.95 Å². The van der Waals surface area contributed by atoms with E-state index in [1.54, 1.807) is 0 Å². The summed E-state index contributed by atoms with van der Waals surface area (Å²) in [5, 5.41) is 6.93. The van der Waals surface area contributed by atoms with Crippen LogP contribution < -0.4 is 0 Å². The zero-order valence-electron chi connectivity index (χ0n) is 8.70. The number of hydrogen-bond acceptors (Lipinski definition) is 3. The molecule has 1 aromatic carbocycles. The van der Waals surface area contributed by atoms with Gasteiger partial charge in [-0.25, -0.2) is 9.67 Å². The fourth-order valence-corrected chi connectivity index (χ4v) is 1.27. The second-order valence-corrected chi connectivity index (χ2v) is 3.22. The number of nitrogens with zero attached hydrogens (tertiary/aromatic N) is 6. The number of hydrogen-bond donors (Lipinski definition) is 0. The molecule has 0 unspecified atom stereocenters. The highest BCUT2D eigenvalue weighted by molar-refractivity contribution is 5.35. The van der Waals surface area contributed by atoms with Crippen molar-refractivity contribution in [1.29, 1.82) is 0 Å². The smallest absolute Gasteiger partial charge is 0.221 e. The van der Waals surface area contributed by atoms with Crippen molar-refractivity contribution in [3.05, 3.63) is 46.6 Å². The molecule has 0 aliphatic heterocycles. The Morgan fingerprint density at radius 2 is 1.89 bits per heavy atom. The maximum atomic E-state index is 12.3. The third kappa shape index (κ3) is 2.41. The molecular weight excluding hydrogens is 249 g/mol. The van der Waals surface area contributed by atoms with Crippen LogP contribution in [0.5, 0.6) is 0 Å². The molecule has 2 aromatic rings. The minimum atomic E-state index is -4.38. The average molecular weight is 254 g/mol. The zero-order valence-corrected chi connectivity index (χ0v) is 8.70. The fraction of sp³-hybridized carbons (Fsp3) is 0.111. The minimum Gasteiger partial charge on any atom is -0.221 e. The number of rotatable bonds is 2. The van der Waals surface area contributed by atoms with Gasteiger partial charge in [-0.2, -0.15) is 13.2 Å². The van der Waals surface area contributed by atoms with Gasteiger partial charge in [0.2, 0.25) is 5.95 Å². The van der Waals surface area contributed by atoms with Crippen molar-refractivity contribution in [3.8, 4) is 5.69 Å². The Hall–Kier alpha value is -2.54. The number of alkyl halides is 3. The van der Waals surface area contributed by atoms with E-state index in [1.165, 1.54) is 23.1 Å². The predicted molar refractivity (Wildman–Crippen MR) is 55.2 cm³/mol. The van der Waals surface area contributed by atoms with Gasteiger partial charge in [0.05, 0.1) is 11.3 Å². The van der Waals surface area contributed by atoms with E-state index in [1.807, 2.05) is 0 Å². The van der Waals surface area contributed by atoms with Gasteiger partial charge < -0.3 is 0 Å². The van der Waals surface area contributed by atoms with Crippen LogP contribution in [0.1, 0.15) is 5.56 Å². The van der Waals surface area contributed by atoms with Crippen LogP contribution in [0.3, 0.4) is 0 Å². The monoisotopic (exact) mass is 254 g/mol. The van der Waals surface area contributed by atoms with E-state index in [0.717, 1.165) is 12.1 Å². The van der Waals surface area contributed by atoms with Crippen molar-refractivity contribution in [2.75, 3.05) is 0 Å². The molecule has 1 heterocycles. The number of aromatic nitrogens is 3. The Morgan fingerprint density at radius 1 is 1.22 bits per heavy atom. The molecule has 1 aromatic heterocycles. The quantitative estimate of drug-likeness (QED) is 0.468. The Kier molecular flexibility index (Phi) is 2.90. The highest BCUT2D eigenvalue weighted by Crippen LogP contribution is 2.29. The van der Waals surface area contributed by atoms with Crippen LogP contribution in [0.4, 0.5) is 19.1 Å². The van der Waals surface area contributed by atoms with Crippen LogP contribution in [0, 0.1) is 0 Å². The molecule has 92 valence electrons. The Balaban J connectivity index is 2.31. The molecule has 0 saturated heterocycles. The Bertz CT molecular complexity index is 594. The summed E-state index contributed by atoms with van der Waals surface area (Å²) in [6.45, 7) is 0. The van der Waals surface area contributed by atoms with Crippen molar-refractivity contribution >= 4 is 5.95 Å². The van der Waals surface area contributed by atoms with E-state index in [0.29, 0.717) is 5.69 Å². The molecule has 0 atom stereocenters. The van der Waals surface area contributed by atoms with E-state index in [9.17, 15) is 13.2 Å². The summed E-state index contributed by atoms with van der Waals surface area (Å²) in [6.07, 6.45) is -3.14. The van der Waals surface area contributed by atoms with Crippen LogP contribution in [0.25, 0.3) is 16.1 Å². The molecule has 0 amide bonds. The van der Waals surface area contributed by atoms with Crippen molar-refractivity contribution in [2.45, 2.75) is 6.18 Å². The molecule has 0 aliphatic rings. The van der Waals surface area contributed by atoms with Crippen LogP contribution >= 0.6 is 0 Å². The van der Waals surface area contributed by atoms with Crippen molar-refractivity contribution in [1.82, 2.24) is 14.8 Å². The third-order valence-electron chi connectivity index (χ3n) is 2.07. The van der Waals surface area contributed by atoms with Crippen LogP contribution in [0.2, 0.25) is 0 Å². The Labute approximate surface area is 98.3 Å². The molecule has 2 rings (SSSR count). The molecule has 0 N–H and O–H groups in total. The minimum absolute atomic E-state index is 0.0996. The van der Waals surface area contributed by atoms with Crippen molar-refractivity contribution in [2.24, 2.45) is 5.11 Å². The molecule has 9 heteroatoms. The van der Waals surface area contributed by atoms with Gasteiger partial charge in [0.25, 0.3) is 0 Å². The second kappa shape index (κ2) is 4.38. The van der Waals surface area contributed by atoms with E-state index >= 15 is 0 Å². The summed E-state index contributed by atoms with van der Waals surface area (Å²) in [6, 6.07) is 4.36. The SMILES string of the molecule is [N-]=[N+]=Nc1ncn(-c2ccc(C(F)(F)F)cc2)n1. The van der Waals surface area contributed by atoms with Gasteiger partial charge in [0.1, 0.15) is 6.33 Å². The van der Waals surface area contributed by atoms with Crippen molar-refractivity contribution in [3.63, 3.8) is 0 Å². The number of azide groups is 1. The van der Waals surface area contributed by atoms with Gasteiger partial charge in [-0.1, -0.05) is 0 Å². The highest BCUT2D eigenvalue weighted by Gasteiger charge is 2.29. The third-order valence-corrected chi connectivity index (χ3v) is 2.07. The summed E-state index contributed by atoms with van der Waals surface area (Å²) in [5.41, 5.74) is 7.81. The zero-order chi connectivity index (χ0) is 13.2. The second-order valence-electron chi connectivity index (χ2n) is 3.22. The Morgan fingerprint density at radius 3 is 2.44 bits per heavy atom. The maximum absolute atomic E-state index is 12.3. The fourth-order valence-electron chi connectivity index (χ4n) is 1.27. The lowest BCUT2D eigenvalue weighted by atomic mass is 10.2. The summed E-state index contributed by atoms with van der Waals surface area (Å²) >= 11 is 0. The normalized spacial score (nSPS) is 11.1. The first kappa shape index (κ1) is 11.9. The van der Waals surface area contributed by atoms with Crippen LogP contribution in [-0.4, -0.2) is 14.8 Å². The first-order valence-electron chi connectivity index (χ1n) is 4.65. The summed E-state index contributed by atoms with van der Waals surface area (Å²) in [7, 11) is 0. The molecule has 18 heavy (non-hydrogen) atoms. The van der Waals surface area contributed by atoms with Crippen LogP contribution in [0.15, 0.2) is 35.7 Å². The number of benzene rings is 1. The standard InChI is InChI=1S/C9H5F3N6/c10-9(11,12)6-1-3-7(4-2-6)18-5-14-8(16-18)15-17-13/h1-5H. The first-order chi connectivity index (χ1) is 8.50. The highest BCUT2D eigenvalue weighted by atomic mass is 19.4. The van der Waals surface area contributed by atoms with E-state index in [4.69, 9.17) is 5.53 Å². The lowest BCUT2D eigenvalue weighted by molar-refractivity contribution is -0.137. The van der Waals surface area contributed by atoms with E-state index in [2.05, 4.69) is 20.1 Å². The maximum Gasteiger partial charge on any atom is 0.416 e. The largest absolute Gasteiger partial charge is 0.416 e. The molecule has 0 aliphatic carbocycles. The van der Waals surface area contributed by atoms with Crippen molar-refractivity contribution < 1.29 is 13.2 Å². The number of halogens is 3. The molecule has 0 fully saturated rings. The molecule has 6 nitrogen and oxygen atoms in total. The van der Waals surface area contributed by atoms with Crippen LogP contribution in [-0.2, 0) is 6.18 Å². The van der Waals surface area contributed by atoms with E-state index < -0.39 is 11.7 Å². The molecule has 0 spiro atoms. The lowest BCUT2D eigenvalue weighted by Gasteiger charge is -2.07. The summed E-state index contributed by atoms with van der Waals surface area (Å²) < 4.78 is 38.2. The lowest BCUT2D eigenvalue weighted by Crippen LogP contribution is -2.05. The molecule has 0 saturated carbocycles. The van der Waals surface area contributed by atoms with Gasteiger partial charge in [-0.05, 0) is 34.9 Å². The van der Waals surface area contributed by atoms with Gasteiger partial charge >= 0.3 is 6.18 Å². The van der Waals surface area contributed by atoms with Gasteiger partial charge in [-0.15, -0.1) is 5.10 Å². The molecule has 0 bridgehead atoms. The van der Waals surface area contributed by atoms with Gasteiger partial charge in [0.15, 0.2) is 0 Å². The van der Waals surface area contributed by atoms with Gasteiger partial charge in [-0.3, -0.25) is 0 Å². The van der Waals surface area contributed by atoms with Gasteiger partial charge in [0, 0.05) is 4.91 Å². The molecular formula is C9H5F3N6. The summed E-state index contributed by atoms with van der Waals surface area (Å²) in [5.74, 6) is -0.0996. The predicted octanol–water partition coefficient (Wildman–Crippen LogP) is 3.23. The topological polar surface area (TPSA) is 79.5 Å². The average Bonchev–Trinajstić information content (AvgIpc) is 2.77. The first-order valence-corrected chi connectivity index (χ1v) is 4.65. The summed E-state index contributed by atoms with van der Waals surface area (Å²) in [4.78, 5) is 6.16. The molecule has 0 radical (unpaired) electrons.